The lowest BCUT2D eigenvalue weighted by molar-refractivity contribution is 0.111. The van der Waals surface area contributed by atoms with Gasteiger partial charge in [-0.2, -0.15) is 0 Å². The summed E-state index contributed by atoms with van der Waals surface area (Å²) in [6.45, 7) is 1.83. The van der Waals surface area contributed by atoms with Crippen molar-refractivity contribution in [2.45, 2.75) is 38.3 Å². The van der Waals surface area contributed by atoms with Crippen molar-refractivity contribution >= 4 is 10.9 Å². The maximum Gasteiger partial charge on any atom is 0.189 e. The minimum absolute atomic E-state index is 0.154. The number of hydrogen-bond acceptors (Lipinski definition) is 3. The monoisotopic (exact) mass is 304 g/mol. The number of aliphatic hydroxyl groups is 1. The molecule has 2 N–H and O–H groups in total. The van der Waals surface area contributed by atoms with Crippen molar-refractivity contribution < 1.29 is 9.50 Å². The van der Waals surface area contributed by atoms with Gasteiger partial charge in [0.05, 0.1) is 0 Å². The summed E-state index contributed by atoms with van der Waals surface area (Å²) in [4.78, 5) is 17.7. The predicted octanol–water partition coefficient (Wildman–Crippen LogP) is 2.40. The van der Waals surface area contributed by atoms with Gasteiger partial charge in [0.1, 0.15) is 5.82 Å². The van der Waals surface area contributed by atoms with Crippen LogP contribution in [0.5, 0.6) is 0 Å². The molecular weight excluding hydrogens is 283 g/mol. The number of likely N-dealkylation sites (tertiary alicyclic amines) is 1. The molecule has 22 heavy (non-hydrogen) atoms. The van der Waals surface area contributed by atoms with Crippen LogP contribution in [0.1, 0.15) is 31.4 Å². The van der Waals surface area contributed by atoms with Crippen LogP contribution in [0.4, 0.5) is 4.39 Å². The number of aliphatic hydroxyl groups excluding tert-OH is 1. The quantitative estimate of drug-likeness (QED) is 0.912. The van der Waals surface area contributed by atoms with E-state index in [1.807, 2.05) is 0 Å². The Balaban J connectivity index is 1.87. The maximum atomic E-state index is 13.2. The molecule has 3 rings (SSSR count). The lowest BCUT2D eigenvalue weighted by Crippen LogP contribution is -2.39. The van der Waals surface area contributed by atoms with Gasteiger partial charge in [0.25, 0.3) is 0 Å². The van der Waals surface area contributed by atoms with Crippen molar-refractivity contribution in [1.29, 1.82) is 0 Å². The fraction of sp³-hybridized carbons (Fsp3) is 0.471. The third kappa shape index (κ3) is 3.20. The Hall–Kier alpha value is -1.72. The number of rotatable bonds is 4. The van der Waals surface area contributed by atoms with Crippen LogP contribution < -0.4 is 5.43 Å². The number of piperidine rings is 1. The zero-order valence-electron chi connectivity index (χ0n) is 12.5. The van der Waals surface area contributed by atoms with Gasteiger partial charge in [0.2, 0.25) is 0 Å². The standard InChI is InChI=1S/C17H21FN2O2/c18-12-4-5-16-15(9-12)17(22)10-13(19-16)11-20-7-2-1-3-14(20)6-8-21/h4-5,9-10,14,21H,1-3,6-8,11H2,(H,19,22)/t14-/m0/s1. The fourth-order valence-electron chi connectivity index (χ4n) is 3.32. The van der Waals surface area contributed by atoms with Gasteiger partial charge in [0.15, 0.2) is 5.43 Å². The molecule has 2 heterocycles. The molecule has 1 aromatic carbocycles. The molecule has 1 atom stereocenters. The first-order chi connectivity index (χ1) is 10.7. The molecule has 0 saturated carbocycles. The average Bonchev–Trinajstić information content (AvgIpc) is 2.50. The average molecular weight is 304 g/mol. The van der Waals surface area contributed by atoms with Crippen LogP contribution in [0.2, 0.25) is 0 Å². The molecule has 1 aliphatic rings. The highest BCUT2D eigenvalue weighted by Gasteiger charge is 2.22. The maximum absolute atomic E-state index is 13.2. The van der Waals surface area contributed by atoms with Gasteiger partial charge in [-0.1, -0.05) is 6.42 Å². The second-order valence-electron chi connectivity index (χ2n) is 5.98. The third-order valence-corrected chi connectivity index (χ3v) is 4.43. The van der Waals surface area contributed by atoms with Crippen molar-refractivity contribution in [3.05, 3.63) is 46.0 Å². The first-order valence-corrected chi connectivity index (χ1v) is 7.84. The summed E-state index contributed by atoms with van der Waals surface area (Å²) < 4.78 is 13.2. The Morgan fingerprint density at radius 1 is 1.32 bits per heavy atom. The van der Waals surface area contributed by atoms with Crippen LogP contribution in [0.25, 0.3) is 10.9 Å². The third-order valence-electron chi connectivity index (χ3n) is 4.43. The molecule has 5 heteroatoms. The number of fused-ring (bicyclic) bond motifs is 1. The van der Waals surface area contributed by atoms with E-state index in [9.17, 15) is 14.3 Å². The Morgan fingerprint density at radius 3 is 3.00 bits per heavy atom. The first-order valence-electron chi connectivity index (χ1n) is 7.84. The second kappa shape index (κ2) is 6.58. The highest BCUT2D eigenvalue weighted by atomic mass is 19.1. The van der Waals surface area contributed by atoms with Crippen LogP contribution in [-0.2, 0) is 6.54 Å². The smallest absolute Gasteiger partial charge is 0.189 e. The number of halogens is 1. The number of benzene rings is 1. The van der Waals surface area contributed by atoms with Crippen molar-refractivity contribution in [3.63, 3.8) is 0 Å². The van der Waals surface area contributed by atoms with E-state index in [1.165, 1.54) is 18.6 Å². The van der Waals surface area contributed by atoms with Crippen LogP contribution >= 0.6 is 0 Å². The number of aromatic amines is 1. The lowest BCUT2D eigenvalue weighted by Gasteiger charge is -2.35. The van der Waals surface area contributed by atoms with E-state index >= 15 is 0 Å². The summed E-state index contributed by atoms with van der Waals surface area (Å²) in [5.74, 6) is -0.398. The molecule has 0 bridgehead atoms. The molecule has 1 saturated heterocycles. The van der Waals surface area contributed by atoms with Gasteiger partial charge in [-0.15, -0.1) is 0 Å². The minimum atomic E-state index is -0.398. The van der Waals surface area contributed by atoms with Gasteiger partial charge in [0, 0.05) is 41.9 Å². The SMILES string of the molecule is O=c1cc(CN2CCCC[C@H]2CCO)[nH]c2ccc(F)cc12. The summed E-state index contributed by atoms with van der Waals surface area (Å²) in [5.41, 5.74) is 1.35. The van der Waals surface area contributed by atoms with Crippen LogP contribution in [-0.4, -0.2) is 34.2 Å². The van der Waals surface area contributed by atoms with Gasteiger partial charge in [-0.3, -0.25) is 9.69 Å². The Labute approximate surface area is 128 Å². The largest absolute Gasteiger partial charge is 0.396 e. The van der Waals surface area contributed by atoms with E-state index in [0.29, 0.717) is 23.5 Å². The fourth-order valence-corrected chi connectivity index (χ4v) is 3.32. The van der Waals surface area contributed by atoms with Crippen molar-refractivity contribution in [2.24, 2.45) is 0 Å². The minimum Gasteiger partial charge on any atom is -0.396 e. The van der Waals surface area contributed by atoms with Gasteiger partial charge in [-0.05, 0) is 44.0 Å². The molecule has 1 aromatic heterocycles. The summed E-state index contributed by atoms with van der Waals surface area (Å²) in [5, 5.41) is 9.58. The molecule has 1 fully saturated rings. The highest BCUT2D eigenvalue weighted by Crippen LogP contribution is 2.21. The predicted molar refractivity (Wildman–Crippen MR) is 84.3 cm³/mol. The molecule has 4 nitrogen and oxygen atoms in total. The lowest BCUT2D eigenvalue weighted by atomic mass is 9.99. The Bertz CT molecular complexity index is 711. The van der Waals surface area contributed by atoms with E-state index in [0.717, 1.165) is 31.5 Å². The van der Waals surface area contributed by atoms with Crippen molar-refractivity contribution in [1.82, 2.24) is 9.88 Å². The molecule has 0 unspecified atom stereocenters. The summed E-state index contributed by atoms with van der Waals surface area (Å²) >= 11 is 0. The summed E-state index contributed by atoms with van der Waals surface area (Å²) in [7, 11) is 0. The van der Waals surface area contributed by atoms with Crippen molar-refractivity contribution in [3.8, 4) is 0 Å². The number of hydrogen-bond donors (Lipinski definition) is 2. The van der Waals surface area contributed by atoms with Crippen molar-refractivity contribution in [2.75, 3.05) is 13.2 Å². The first kappa shape index (κ1) is 15.2. The number of aromatic nitrogens is 1. The van der Waals surface area contributed by atoms with Crippen LogP contribution in [0.15, 0.2) is 29.1 Å². The molecule has 0 amide bonds. The van der Waals surface area contributed by atoms with Gasteiger partial charge >= 0.3 is 0 Å². The zero-order valence-corrected chi connectivity index (χ0v) is 12.5. The highest BCUT2D eigenvalue weighted by molar-refractivity contribution is 5.78. The number of pyridine rings is 1. The molecule has 0 aliphatic carbocycles. The second-order valence-corrected chi connectivity index (χ2v) is 5.98. The van der Waals surface area contributed by atoms with E-state index in [-0.39, 0.29) is 12.0 Å². The Kier molecular flexibility index (Phi) is 4.55. The van der Waals surface area contributed by atoms with E-state index in [4.69, 9.17) is 0 Å². The number of H-pyrrole nitrogens is 1. The summed E-state index contributed by atoms with van der Waals surface area (Å²) in [6.07, 6.45) is 4.19. The van der Waals surface area contributed by atoms with Gasteiger partial charge in [-0.25, -0.2) is 4.39 Å². The number of nitrogens with one attached hydrogen (secondary N) is 1. The van der Waals surface area contributed by atoms with Crippen LogP contribution in [0, 0.1) is 5.82 Å². The van der Waals surface area contributed by atoms with E-state index in [2.05, 4.69) is 9.88 Å². The molecular formula is C17H21FN2O2. The normalized spacial score (nSPS) is 19.6. The molecule has 1 aliphatic heterocycles. The van der Waals surface area contributed by atoms with Crippen LogP contribution in [0.3, 0.4) is 0 Å². The topological polar surface area (TPSA) is 56.3 Å². The Morgan fingerprint density at radius 2 is 2.18 bits per heavy atom. The zero-order chi connectivity index (χ0) is 15.5. The molecule has 0 radical (unpaired) electrons. The van der Waals surface area contributed by atoms with Gasteiger partial charge < -0.3 is 10.1 Å². The summed E-state index contributed by atoms with van der Waals surface area (Å²) in [6, 6.07) is 6.17. The van der Waals surface area contributed by atoms with E-state index in [1.54, 1.807) is 12.1 Å². The number of nitrogens with zero attached hydrogens (tertiary/aromatic N) is 1. The van der Waals surface area contributed by atoms with E-state index < -0.39 is 5.82 Å². The molecule has 2 aromatic rings. The molecule has 0 spiro atoms. The molecule has 118 valence electrons.